The molecule has 5 nitrogen and oxygen atoms in total. The summed E-state index contributed by atoms with van der Waals surface area (Å²) in [5.41, 5.74) is 0. The van der Waals surface area contributed by atoms with Crippen LogP contribution in [0.5, 0.6) is 0 Å². The molecule has 0 bridgehead atoms. The molecule has 0 radical (unpaired) electrons. The van der Waals surface area contributed by atoms with Crippen LogP contribution < -0.4 is 10.2 Å². The molecule has 2 rings (SSSR count). The summed E-state index contributed by atoms with van der Waals surface area (Å²) in [7, 11) is 0. The van der Waals surface area contributed by atoms with Gasteiger partial charge in [0.15, 0.2) is 0 Å². The Balaban J connectivity index is 2.23. The number of aliphatic hydroxyl groups is 1. The van der Waals surface area contributed by atoms with Crippen molar-refractivity contribution >= 4 is 27.7 Å². The minimum atomic E-state index is 0.144. The maximum Gasteiger partial charge on any atom is 0.224 e. The van der Waals surface area contributed by atoms with Crippen molar-refractivity contribution in [3.8, 4) is 0 Å². The van der Waals surface area contributed by atoms with Crippen molar-refractivity contribution < 1.29 is 5.11 Å². The van der Waals surface area contributed by atoms with Gasteiger partial charge in [0.05, 0.1) is 17.1 Å². The van der Waals surface area contributed by atoms with Gasteiger partial charge in [-0.25, -0.2) is 4.98 Å². The Morgan fingerprint density at radius 3 is 3.05 bits per heavy atom. The summed E-state index contributed by atoms with van der Waals surface area (Å²) < 4.78 is 0.877. The van der Waals surface area contributed by atoms with E-state index < -0.39 is 0 Å². The summed E-state index contributed by atoms with van der Waals surface area (Å²) in [4.78, 5) is 11.0. The third kappa shape index (κ3) is 3.17. The van der Waals surface area contributed by atoms with Crippen molar-refractivity contribution in [2.24, 2.45) is 5.92 Å². The summed E-state index contributed by atoms with van der Waals surface area (Å²) >= 11 is 3.51. The number of halogens is 1. The van der Waals surface area contributed by atoms with Gasteiger partial charge in [-0.3, -0.25) is 0 Å². The van der Waals surface area contributed by atoms with Gasteiger partial charge in [0.1, 0.15) is 5.82 Å². The van der Waals surface area contributed by atoms with Crippen molar-refractivity contribution in [1.29, 1.82) is 0 Å². The average Bonchev–Trinajstić information content (AvgIpc) is 2.78. The van der Waals surface area contributed by atoms with Gasteiger partial charge in [-0.15, -0.1) is 0 Å². The van der Waals surface area contributed by atoms with E-state index in [1.165, 1.54) is 0 Å². The molecule has 0 saturated carbocycles. The highest BCUT2D eigenvalue weighted by atomic mass is 79.9. The lowest BCUT2D eigenvalue weighted by atomic mass is 10.0. The van der Waals surface area contributed by atoms with Crippen LogP contribution in [0.15, 0.2) is 10.7 Å². The van der Waals surface area contributed by atoms with Crippen LogP contribution in [0.25, 0.3) is 0 Å². The number of nitrogens with one attached hydrogen (secondary N) is 1. The molecule has 19 heavy (non-hydrogen) atoms. The molecule has 0 aromatic carbocycles. The minimum Gasteiger partial charge on any atom is -0.394 e. The molecular formula is C13H21BrN4O. The molecular weight excluding hydrogens is 308 g/mol. The molecule has 106 valence electrons. The van der Waals surface area contributed by atoms with E-state index in [2.05, 4.69) is 50.0 Å². The van der Waals surface area contributed by atoms with E-state index in [0.29, 0.717) is 11.9 Å². The van der Waals surface area contributed by atoms with Gasteiger partial charge in [-0.1, -0.05) is 13.8 Å². The maximum absolute atomic E-state index is 9.55. The van der Waals surface area contributed by atoms with Crippen LogP contribution in [0.3, 0.4) is 0 Å². The van der Waals surface area contributed by atoms with Gasteiger partial charge < -0.3 is 15.3 Å². The second-order valence-electron chi connectivity index (χ2n) is 5.00. The molecule has 2 atom stereocenters. The molecule has 1 fully saturated rings. The molecule has 0 aliphatic carbocycles. The Labute approximate surface area is 122 Å². The lowest BCUT2D eigenvalue weighted by Gasteiger charge is -2.27. The molecule has 2 heterocycles. The van der Waals surface area contributed by atoms with Crippen LogP contribution in [-0.4, -0.2) is 40.8 Å². The first-order valence-electron chi connectivity index (χ1n) is 6.81. The van der Waals surface area contributed by atoms with Gasteiger partial charge in [0.25, 0.3) is 0 Å². The molecule has 6 heteroatoms. The average molecular weight is 329 g/mol. The normalized spacial score (nSPS) is 22.8. The summed E-state index contributed by atoms with van der Waals surface area (Å²) in [6.45, 7) is 6.23. The predicted molar refractivity (Wildman–Crippen MR) is 80.5 cm³/mol. The molecule has 1 aromatic heterocycles. The second-order valence-corrected chi connectivity index (χ2v) is 5.86. The fourth-order valence-corrected chi connectivity index (χ4v) is 2.85. The Morgan fingerprint density at radius 1 is 1.58 bits per heavy atom. The highest BCUT2D eigenvalue weighted by molar-refractivity contribution is 9.10. The van der Waals surface area contributed by atoms with E-state index in [1.807, 2.05) is 0 Å². The van der Waals surface area contributed by atoms with Crippen LogP contribution in [0.1, 0.15) is 26.7 Å². The zero-order valence-electron chi connectivity index (χ0n) is 11.4. The van der Waals surface area contributed by atoms with E-state index in [4.69, 9.17) is 0 Å². The first-order chi connectivity index (χ1) is 9.17. The van der Waals surface area contributed by atoms with E-state index in [-0.39, 0.29) is 12.6 Å². The highest BCUT2D eigenvalue weighted by Gasteiger charge is 2.32. The Bertz CT molecular complexity index is 429. The number of aliphatic hydroxyl groups excluding tert-OH is 1. The lowest BCUT2D eigenvalue weighted by molar-refractivity contribution is 0.244. The fraction of sp³-hybridized carbons (Fsp3) is 0.692. The number of rotatable bonds is 5. The Kier molecular flexibility index (Phi) is 4.99. The third-order valence-corrected chi connectivity index (χ3v) is 4.16. The van der Waals surface area contributed by atoms with E-state index >= 15 is 0 Å². The van der Waals surface area contributed by atoms with E-state index in [1.54, 1.807) is 6.20 Å². The summed E-state index contributed by atoms with van der Waals surface area (Å²) in [6.07, 6.45) is 3.89. The molecule has 1 saturated heterocycles. The van der Waals surface area contributed by atoms with E-state index in [0.717, 1.165) is 36.2 Å². The number of nitrogens with zero attached hydrogens (tertiary/aromatic N) is 3. The summed E-state index contributed by atoms with van der Waals surface area (Å²) in [5, 5.41) is 12.8. The first kappa shape index (κ1) is 14.5. The maximum atomic E-state index is 9.55. The van der Waals surface area contributed by atoms with Gasteiger partial charge in [-0.05, 0) is 34.7 Å². The van der Waals surface area contributed by atoms with E-state index in [9.17, 15) is 5.11 Å². The smallest absolute Gasteiger partial charge is 0.224 e. The van der Waals surface area contributed by atoms with Crippen LogP contribution in [0.2, 0.25) is 0 Å². The number of anilines is 2. The van der Waals surface area contributed by atoms with Crippen LogP contribution in [0.4, 0.5) is 11.8 Å². The summed E-state index contributed by atoms with van der Waals surface area (Å²) in [6, 6.07) is 0.144. The van der Waals surface area contributed by atoms with Gasteiger partial charge in [0, 0.05) is 19.3 Å². The topological polar surface area (TPSA) is 61.3 Å². The van der Waals surface area contributed by atoms with Crippen molar-refractivity contribution in [2.75, 3.05) is 29.9 Å². The second kappa shape index (κ2) is 6.52. The minimum absolute atomic E-state index is 0.144. The Morgan fingerprint density at radius 2 is 2.37 bits per heavy atom. The third-order valence-electron chi connectivity index (χ3n) is 3.60. The molecule has 0 amide bonds. The lowest BCUT2D eigenvalue weighted by Crippen LogP contribution is -2.36. The quantitative estimate of drug-likeness (QED) is 0.868. The zero-order valence-corrected chi connectivity index (χ0v) is 13.0. The summed E-state index contributed by atoms with van der Waals surface area (Å²) in [5.74, 6) is 2.01. The zero-order chi connectivity index (χ0) is 13.8. The first-order valence-corrected chi connectivity index (χ1v) is 7.60. The van der Waals surface area contributed by atoms with Gasteiger partial charge in [0.2, 0.25) is 5.95 Å². The molecule has 0 spiro atoms. The van der Waals surface area contributed by atoms with Crippen LogP contribution in [-0.2, 0) is 0 Å². The largest absolute Gasteiger partial charge is 0.394 e. The van der Waals surface area contributed by atoms with Crippen molar-refractivity contribution in [3.63, 3.8) is 0 Å². The van der Waals surface area contributed by atoms with Crippen LogP contribution in [0, 0.1) is 5.92 Å². The van der Waals surface area contributed by atoms with Gasteiger partial charge in [-0.2, -0.15) is 4.98 Å². The monoisotopic (exact) mass is 328 g/mol. The Hall–Kier alpha value is -0.880. The van der Waals surface area contributed by atoms with Crippen molar-refractivity contribution in [2.45, 2.75) is 32.7 Å². The molecule has 1 aromatic rings. The van der Waals surface area contributed by atoms with Crippen molar-refractivity contribution in [1.82, 2.24) is 9.97 Å². The molecule has 1 aliphatic heterocycles. The molecule has 2 N–H and O–H groups in total. The molecule has 2 unspecified atom stereocenters. The molecule has 1 aliphatic rings. The predicted octanol–water partition coefficient (Wildman–Crippen LogP) is 2.27. The standard InChI is InChI=1S/C13H21BrN4O/c1-3-5-15-13-16-7-10(14)12(17-13)18-6-4-9(2)11(18)8-19/h7,9,11,19H,3-6,8H2,1-2H3,(H,15,16,17). The number of aromatic nitrogens is 2. The van der Waals surface area contributed by atoms with Gasteiger partial charge >= 0.3 is 0 Å². The number of hydrogen-bond acceptors (Lipinski definition) is 5. The SMILES string of the molecule is CCCNc1ncc(Br)c(N2CCC(C)C2CO)n1. The van der Waals surface area contributed by atoms with Crippen molar-refractivity contribution in [3.05, 3.63) is 10.7 Å². The van der Waals surface area contributed by atoms with Crippen LogP contribution >= 0.6 is 15.9 Å². The number of hydrogen-bond donors (Lipinski definition) is 2. The highest BCUT2D eigenvalue weighted by Crippen LogP contribution is 2.33. The fourth-order valence-electron chi connectivity index (χ4n) is 2.43.